The van der Waals surface area contributed by atoms with Gasteiger partial charge in [-0.1, -0.05) is 91.0 Å². The normalized spacial score (nSPS) is 11.1. The minimum atomic E-state index is 0.477. The minimum absolute atomic E-state index is 0.477. The van der Waals surface area contributed by atoms with Crippen LogP contribution in [0.15, 0.2) is 152 Å². The van der Waals surface area contributed by atoms with E-state index in [-0.39, 0.29) is 0 Å². The molecule has 5 heteroatoms. The van der Waals surface area contributed by atoms with Gasteiger partial charge in [0.15, 0.2) is 5.69 Å². The molecule has 0 atom stereocenters. The molecule has 2 aromatic heterocycles. The molecular formula is C45H25N5. The number of para-hydroxylation sites is 4. The quantitative estimate of drug-likeness (QED) is 0.181. The zero-order valence-electron chi connectivity index (χ0n) is 26.7. The molecule has 0 unspecified atom stereocenters. The molecule has 0 bridgehead atoms. The highest BCUT2D eigenvalue weighted by Gasteiger charge is 2.20. The number of aromatic nitrogens is 2. The van der Waals surface area contributed by atoms with Gasteiger partial charge in [-0.3, -0.25) is 0 Å². The van der Waals surface area contributed by atoms with E-state index in [2.05, 4.69) is 98.9 Å². The zero-order valence-corrected chi connectivity index (χ0v) is 26.7. The van der Waals surface area contributed by atoms with Crippen LogP contribution in [0.4, 0.5) is 5.69 Å². The molecular weight excluding hydrogens is 611 g/mol. The van der Waals surface area contributed by atoms with Crippen LogP contribution in [-0.4, -0.2) is 9.13 Å². The van der Waals surface area contributed by atoms with Crippen LogP contribution in [0, 0.1) is 29.2 Å². The Hall–Kier alpha value is -7.39. The van der Waals surface area contributed by atoms with Gasteiger partial charge in [-0.15, -0.1) is 0 Å². The molecule has 0 fully saturated rings. The van der Waals surface area contributed by atoms with Crippen molar-refractivity contribution in [2.24, 2.45) is 0 Å². The number of nitrogens with zero attached hydrogens (tertiary/aromatic N) is 5. The maximum atomic E-state index is 10.6. The van der Waals surface area contributed by atoms with E-state index in [1.807, 2.05) is 78.9 Å². The monoisotopic (exact) mass is 635 g/mol. The SMILES string of the molecule is [C-]#[N+]c1ccc2c(c1)c1ccccc1n2-c1ccccc1-c1cc(C#N)c(-c2cccc(-n3c4ccccc4c4ccccc43)c2)cc1C#N. The van der Waals surface area contributed by atoms with Crippen LogP contribution in [-0.2, 0) is 0 Å². The second-order valence-corrected chi connectivity index (χ2v) is 12.3. The van der Waals surface area contributed by atoms with Gasteiger partial charge in [-0.2, -0.15) is 10.5 Å². The first-order valence-corrected chi connectivity index (χ1v) is 16.3. The van der Waals surface area contributed by atoms with Crippen molar-refractivity contribution >= 4 is 49.3 Å². The maximum Gasteiger partial charge on any atom is 0.188 e. The predicted octanol–water partition coefficient (Wildman–Crippen LogP) is 11.5. The number of benzene rings is 7. The number of rotatable bonds is 4. The van der Waals surface area contributed by atoms with Crippen LogP contribution in [0.2, 0.25) is 0 Å². The molecule has 7 aromatic carbocycles. The second-order valence-electron chi connectivity index (χ2n) is 12.3. The van der Waals surface area contributed by atoms with Crippen molar-refractivity contribution in [1.29, 1.82) is 10.5 Å². The van der Waals surface area contributed by atoms with E-state index in [0.29, 0.717) is 27.9 Å². The van der Waals surface area contributed by atoms with Crippen LogP contribution >= 0.6 is 0 Å². The first kappa shape index (κ1) is 28.8. The van der Waals surface area contributed by atoms with Crippen LogP contribution < -0.4 is 0 Å². The van der Waals surface area contributed by atoms with Gasteiger partial charge in [0, 0.05) is 38.5 Å². The van der Waals surface area contributed by atoms with Crippen molar-refractivity contribution in [2.75, 3.05) is 0 Å². The van der Waals surface area contributed by atoms with Gasteiger partial charge >= 0.3 is 0 Å². The summed E-state index contributed by atoms with van der Waals surface area (Å²) in [6.45, 7) is 7.58. The number of nitriles is 2. The maximum absolute atomic E-state index is 10.6. The summed E-state index contributed by atoms with van der Waals surface area (Å²) in [7, 11) is 0. The van der Waals surface area contributed by atoms with Crippen LogP contribution in [0.1, 0.15) is 11.1 Å². The van der Waals surface area contributed by atoms with E-state index in [0.717, 1.165) is 55.3 Å². The van der Waals surface area contributed by atoms with E-state index in [1.54, 1.807) is 0 Å². The van der Waals surface area contributed by atoms with Crippen LogP contribution in [0.3, 0.4) is 0 Å². The lowest BCUT2D eigenvalue weighted by Gasteiger charge is -2.17. The van der Waals surface area contributed by atoms with Crippen molar-refractivity contribution in [3.8, 4) is 45.8 Å². The second kappa shape index (κ2) is 11.4. The third-order valence-corrected chi connectivity index (χ3v) is 9.61. The van der Waals surface area contributed by atoms with Crippen LogP contribution in [0.5, 0.6) is 0 Å². The molecule has 2 heterocycles. The highest BCUT2D eigenvalue weighted by Crippen LogP contribution is 2.40. The average molecular weight is 636 g/mol. The summed E-state index contributed by atoms with van der Waals surface area (Å²) in [6, 6.07) is 55.4. The lowest BCUT2D eigenvalue weighted by molar-refractivity contribution is 1.18. The Kier molecular flexibility index (Phi) is 6.56. The van der Waals surface area contributed by atoms with Gasteiger partial charge in [0.2, 0.25) is 0 Å². The molecule has 5 nitrogen and oxygen atoms in total. The van der Waals surface area contributed by atoms with E-state index in [4.69, 9.17) is 6.57 Å². The molecule has 50 heavy (non-hydrogen) atoms. The fourth-order valence-electron chi connectivity index (χ4n) is 7.45. The first-order chi connectivity index (χ1) is 24.7. The highest BCUT2D eigenvalue weighted by atomic mass is 15.0. The highest BCUT2D eigenvalue weighted by molar-refractivity contribution is 6.11. The van der Waals surface area contributed by atoms with Crippen LogP contribution in [0.25, 0.3) is 82.1 Å². The molecule has 0 amide bonds. The molecule has 0 saturated carbocycles. The van der Waals surface area contributed by atoms with Crippen molar-refractivity contribution in [3.63, 3.8) is 0 Å². The first-order valence-electron chi connectivity index (χ1n) is 16.3. The summed E-state index contributed by atoms with van der Waals surface area (Å²) in [5, 5.41) is 25.6. The van der Waals surface area contributed by atoms with E-state index in [1.165, 1.54) is 10.8 Å². The Labute approximate surface area is 288 Å². The Morgan fingerprint density at radius 1 is 0.460 bits per heavy atom. The molecule has 0 N–H and O–H groups in total. The van der Waals surface area contributed by atoms with Gasteiger partial charge in [0.1, 0.15) is 0 Å². The number of fused-ring (bicyclic) bond motifs is 6. The zero-order chi connectivity index (χ0) is 33.8. The van der Waals surface area contributed by atoms with Gasteiger partial charge < -0.3 is 9.13 Å². The summed E-state index contributed by atoms with van der Waals surface area (Å²) >= 11 is 0. The summed E-state index contributed by atoms with van der Waals surface area (Å²) < 4.78 is 4.44. The topological polar surface area (TPSA) is 61.8 Å². The summed E-state index contributed by atoms with van der Waals surface area (Å²) in [5.74, 6) is 0. The van der Waals surface area contributed by atoms with Crippen molar-refractivity contribution in [2.45, 2.75) is 0 Å². The molecule has 0 saturated heterocycles. The summed E-state index contributed by atoms with van der Waals surface area (Å²) in [4.78, 5) is 3.67. The standard InChI is InChI=1S/C45H25N5/c1-48-32-21-22-45-40(26-32)37-16-5-9-20-44(37)50(45)43-19-8-4-15-36(43)39-25-30(27-46)38(24-31(39)28-47)29-11-10-12-33(23-29)49-41-17-6-2-13-34(41)35-14-3-7-18-42(35)49/h2-26H. The smallest absolute Gasteiger partial charge is 0.188 e. The lowest BCUT2D eigenvalue weighted by atomic mass is 9.90. The Morgan fingerprint density at radius 2 is 1.02 bits per heavy atom. The Bertz CT molecular complexity index is 2920. The molecule has 0 aliphatic rings. The molecule has 9 aromatic rings. The Balaban J connectivity index is 1.24. The average Bonchev–Trinajstić information content (AvgIpc) is 3.70. The fraction of sp³-hybridized carbons (Fsp3) is 0. The van der Waals surface area contributed by atoms with E-state index < -0.39 is 0 Å². The fourth-order valence-corrected chi connectivity index (χ4v) is 7.45. The van der Waals surface area contributed by atoms with E-state index in [9.17, 15) is 10.5 Å². The molecule has 0 radical (unpaired) electrons. The minimum Gasteiger partial charge on any atom is -0.309 e. The van der Waals surface area contributed by atoms with Crippen molar-refractivity contribution in [1.82, 2.24) is 9.13 Å². The molecule has 230 valence electrons. The third-order valence-electron chi connectivity index (χ3n) is 9.61. The molecule has 9 rings (SSSR count). The summed E-state index contributed by atoms with van der Waals surface area (Å²) in [5.41, 5.74) is 10.6. The van der Waals surface area contributed by atoms with Gasteiger partial charge in [0.25, 0.3) is 0 Å². The molecule has 0 spiro atoms. The van der Waals surface area contributed by atoms with E-state index >= 15 is 0 Å². The van der Waals surface area contributed by atoms with Crippen molar-refractivity contribution in [3.05, 3.63) is 174 Å². The predicted molar refractivity (Wildman–Crippen MR) is 202 cm³/mol. The number of hydrogen-bond acceptors (Lipinski definition) is 2. The lowest BCUT2D eigenvalue weighted by Crippen LogP contribution is -1.99. The van der Waals surface area contributed by atoms with Crippen molar-refractivity contribution < 1.29 is 0 Å². The summed E-state index contributed by atoms with van der Waals surface area (Å²) in [6.07, 6.45) is 0. The largest absolute Gasteiger partial charge is 0.309 e. The molecule has 0 aliphatic heterocycles. The van der Waals surface area contributed by atoms with Gasteiger partial charge in [0.05, 0.1) is 57.6 Å². The molecule has 0 aliphatic carbocycles. The Morgan fingerprint density at radius 3 is 1.70 bits per heavy atom. The number of hydrogen-bond donors (Lipinski definition) is 0. The van der Waals surface area contributed by atoms with Gasteiger partial charge in [-0.25, -0.2) is 4.85 Å². The third kappa shape index (κ3) is 4.31. The van der Waals surface area contributed by atoms with Gasteiger partial charge in [-0.05, 0) is 71.6 Å².